The van der Waals surface area contributed by atoms with Crippen molar-refractivity contribution in [2.24, 2.45) is 5.73 Å². The second-order valence-corrected chi connectivity index (χ2v) is 4.39. The Kier molecular flexibility index (Phi) is 6.69. The predicted molar refractivity (Wildman–Crippen MR) is 64.9 cm³/mol. The molecular weight excluding hydrogens is 186 g/mol. The molecule has 0 spiro atoms. The van der Waals surface area contributed by atoms with Crippen LogP contribution in [0.4, 0.5) is 0 Å². The second kappa shape index (κ2) is 7.89. The number of hydrogen-bond acceptors (Lipinski definition) is 2. The lowest BCUT2D eigenvalue weighted by Crippen LogP contribution is -2.24. The molecule has 0 saturated carbocycles. The lowest BCUT2D eigenvalue weighted by Gasteiger charge is -2.15. The van der Waals surface area contributed by atoms with Gasteiger partial charge in [-0.05, 0) is 38.5 Å². The third-order valence-corrected chi connectivity index (χ3v) is 2.97. The number of allylic oxidation sites excluding steroid dienone is 1. The lowest BCUT2D eigenvalue weighted by atomic mass is 10.0. The fourth-order valence-corrected chi connectivity index (χ4v) is 2.02. The standard InChI is InChI=1S/C13H25NO/c1-2-10-15-11-9-13(14)12-7-5-3-4-6-8-12/h7,13H,2-6,8-11,14H2,1H3. The summed E-state index contributed by atoms with van der Waals surface area (Å²) >= 11 is 0. The molecule has 0 aromatic rings. The summed E-state index contributed by atoms with van der Waals surface area (Å²) in [5.74, 6) is 0. The first-order valence-electron chi connectivity index (χ1n) is 6.37. The molecule has 1 rings (SSSR count). The van der Waals surface area contributed by atoms with E-state index >= 15 is 0 Å². The van der Waals surface area contributed by atoms with Crippen LogP contribution in [0.2, 0.25) is 0 Å². The molecule has 88 valence electrons. The SMILES string of the molecule is CCCOCCC(N)C1=CCCCCC1. The first-order valence-corrected chi connectivity index (χ1v) is 6.37. The molecule has 0 heterocycles. The van der Waals surface area contributed by atoms with Gasteiger partial charge in [-0.2, -0.15) is 0 Å². The summed E-state index contributed by atoms with van der Waals surface area (Å²) in [6.45, 7) is 3.81. The van der Waals surface area contributed by atoms with Gasteiger partial charge in [0.15, 0.2) is 0 Å². The van der Waals surface area contributed by atoms with E-state index < -0.39 is 0 Å². The minimum atomic E-state index is 0.236. The van der Waals surface area contributed by atoms with Crippen LogP contribution in [-0.4, -0.2) is 19.3 Å². The van der Waals surface area contributed by atoms with Crippen LogP contribution in [0.5, 0.6) is 0 Å². The number of hydrogen-bond donors (Lipinski definition) is 1. The van der Waals surface area contributed by atoms with Gasteiger partial charge in [0, 0.05) is 19.3 Å². The van der Waals surface area contributed by atoms with Crippen LogP contribution in [-0.2, 0) is 4.74 Å². The van der Waals surface area contributed by atoms with Crippen molar-refractivity contribution in [2.45, 2.75) is 57.9 Å². The van der Waals surface area contributed by atoms with Crippen LogP contribution in [0, 0.1) is 0 Å². The van der Waals surface area contributed by atoms with Gasteiger partial charge < -0.3 is 10.5 Å². The first-order chi connectivity index (χ1) is 7.34. The average molecular weight is 211 g/mol. The molecule has 15 heavy (non-hydrogen) atoms. The normalized spacial score (nSPS) is 19.5. The van der Waals surface area contributed by atoms with Gasteiger partial charge in [0.2, 0.25) is 0 Å². The maximum atomic E-state index is 6.15. The highest BCUT2D eigenvalue weighted by Gasteiger charge is 2.10. The summed E-state index contributed by atoms with van der Waals surface area (Å²) in [5, 5.41) is 0. The van der Waals surface area contributed by atoms with Crippen molar-refractivity contribution < 1.29 is 4.74 Å². The fraction of sp³-hybridized carbons (Fsp3) is 0.846. The molecule has 1 aliphatic carbocycles. The highest BCUT2D eigenvalue weighted by atomic mass is 16.5. The summed E-state index contributed by atoms with van der Waals surface area (Å²) in [7, 11) is 0. The topological polar surface area (TPSA) is 35.2 Å². The largest absolute Gasteiger partial charge is 0.381 e. The van der Waals surface area contributed by atoms with Crippen molar-refractivity contribution in [3.63, 3.8) is 0 Å². The number of rotatable bonds is 6. The molecule has 0 aromatic heterocycles. The Morgan fingerprint density at radius 3 is 3.00 bits per heavy atom. The van der Waals surface area contributed by atoms with Gasteiger partial charge >= 0.3 is 0 Å². The Morgan fingerprint density at radius 1 is 1.33 bits per heavy atom. The van der Waals surface area contributed by atoms with E-state index in [4.69, 9.17) is 10.5 Å². The first kappa shape index (κ1) is 12.7. The van der Waals surface area contributed by atoms with E-state index in [1.807, 2.05) is 0 Å². The van der Waals surface area contributed by atoms with Crippen molar-refractivity contribution in [3.05, 3.63) is 11.6 Å². The van der Waals surface area contributed by atoms with Crippen LogP contribution in [0.3, 0.4) is 0 Å². The molecule has 0 radical (unpaired) electrons. The molecule has 1 atom stereocenters. The lowest BCUT2D eigenvalue weighted by molar-refractivity contribution is 0.129. The smallest absolute Gasteiger partial charge is 0.0483 e. The molecule has 0 aliphatic heterocycles. The van der Waals surface area contributed by atoms with Crippen molar-refractivity contribution in [1.29, 1.82) is 0 Å². The highest BCUT2D eigenvalue weighted by Crippen LogP contribution is 2.20. The van der Waals surface area contributed by atoms with E-state index in [1.165, 1.54) is 37.7 Å². The molecular formula is C13H25NO. The van der Waals surface area contributed by atoms with E-state index in [2.05, 4.69) is 13.0 Å². The Labute approximate surface area is 93.9 Å². The Balaban J connectivity index is 2.19. The van der Waals surface area contributed by atoms with E-state index in [1.54, 1.807) is 0 Å². The zero-order chi connectivity index (χ0) is 10.9. The van der Waals surface area contributed by atoms with Crippen LogP contribution in [0.25, 0.3) is 0 Å². The molecule has 1 unspecified atom stereocenters. The van der Waals surface area contributed by atoms with Crippen molar-refractivity contribution in [3.8, 4) is 0 Å². The van der Waals surface area contributed by atoms with Gasteiger partial charge in [0.05, 0.1) is 0 Å². The van der Waals surface area contributed by atoms with Crippen molar-refractivity contribution >= 4 is 0 Å². The van der Waals surface area contributed by atoms with Crippen molar-refractivity contribution in [1.82, 2.24) is 0 Å². The molecule has 2 N–H and O–H groups in total. The monoisotopic (exact) mass is 211 g/mol. The van der Waals surface area contributed by atoms with Crippen molar-refractivity contribution in [2.75, 3.05) is 13.2 Å². The Morgan fingerprint density at radius 2 is 2.20 bits per heavy atom. The van der Waals surface area contributed by atoms with E-state index in [0.717, 1.165) is 26.1 Å². The van der Waals surface area contributed by atoms with Crippen LogP contribution in [0.15, 0.2) is 11.6 Å². The molecule has 2 nitrogen and oxygen atoms in total. The number of nitrogens with two attached hydrogens (primary N) is 1. The van der Waals surface area contributed by atoms with Gasteiger partial charge in [-0.15, -0.1) is 0 Å². The zero-order valence-electron chi connectivity index (χ0n) is 10.0. The molecule has 0 amide bonds. The molecule has 0 fully saturated rings. The zero-order valence-corrected chi connectivity index (χ0v) is 10.0. The molecule has 2 heteroatoms. The maximum Gasteiger partial charge on any atom is 0.0483 e. The minimum absolute atomic E-state index is 0.236. The summed E-state index contributed by atoms with van der Waals surface area (Å²) in [5.41, 5.74) is 7.62. The third-order valence-electron chi connectivity index (χ3n) is 2.97. The molecule has 0 aromatic carbocycles. The van der Waals surface area contributed by atoms with Crippen LogP contribution < -0.4 is 5.73 Å². The van der Waals surface area contributed by atoms with E-state index in [9.17, 15) is 0 Å². The number of ether oxygens (including phenoxy) is 1. The van der Waals surface area contributed by atoms with Gasteiger partial charge in [-0.25, -0.2) is 0 Å². The van der Waals surface area contributed by atoms with E-state index in [0.29, 0.717) is 0 Å². The predicted octanol–water partition coefficient (Wildman–Crippen LogP) is 3.02. The van der Waals surface area contributed by atoms with E-state index in [-0.39, 0.29) is 6.04 Å². The summed E-state index contributed by atoms with van der Waals surface area (Å²) < 4.78 is 5.47. The summed E-state index contributed by atoms with van der Waals surface area (Å²) in [6, 6.07) is 0.236. The van der Waals surface area contributed by atoms with Gasteiger partial charge in [-0.3, -0.25) is 0 Å². The second-order valence-electron chi connectivity index (χ2n) is 4.39. The summed E-state index contributed by atoms with van der Waals surface area (Å²) in [6.07, 6.45) is 10.9. The molecule has 1 aliphatic rings. The Hall–Kier alpha value is -0.340. The third kappa shape index (κ3) is 5.33. The molecule has 0 saturated heterocycles. The summed E-state index contributed by atoms with van der Waals surface area (Å²) in [4.78, 5) is 0. The van der Waals surface area contributed by atoms with Gasteiger partial charge in [-0.1, -0.05) is 25.0 Å². The van der Waals surface area contributed by atoms with Crippen LogP contribution >= 0.6 is 0 Å². The van der Waals surface area contributed by atoms with Crippen LogP contribution in [0.1, 0.15) is 51.9 Å². The highest BCUT2D eigenvalue weighted by molar-refractivity contribution is 5.11. The van der Waals surface area contributed by atoms with Gasteiger partial charge in [0.1, 0.15) is 0 Å². The van der Waals surface area contributed by atoms with Gasteiger partial charge in [0.25, 0.3) is 0 Å². The maximum absolute atomic E-state index is 6.15. The minimum Gasteiger partial charge on any atom is -0.381 e. The quantitative estimate of drug-likeness (QED) is 0.541. The fourth-order valence-electron chi connectivity index (χ4n) is 2.02. The average Bonchev–Trinajstić information content (AvgIpc) is 2.52. The Bertz CT molecular complexity index is 189. The molecule has 0 bridgehead atoms.